The lowest BCUT2D eigenvalue weighted by atomic mass is 10.1. The number of likely N-dealkylation sites (tertiary alicyclic amines) is 1. The summed E-state index contributed by atoms with van der Waals surface area (Å²) in [5, 5.41) is 0. The van der Waals surface area contributed by atoms with Gasteiger partial charge < -0.3 is 0 Å². The highest BCUT2D eigenvalue weighted by atomic mass is 16.1. The molecule has 2 heteroatoms. The first-order valence-corrected chi connectivity index (χ1v) is 6.15. The lowest BCUT2D eigenvalue weighted by Gasteiger charge is -2.26. The molecule has 0 bridgehead atoms. The zero-order valence-corrected chi connectivity index (χ0v) is 9.43. The molecule has 0 radical (unpaired) electrons. The molecule has 1 saturated heterocycles. The molecule has 84 valence electrons. The van der Waals surface area contributed by atoms with Gasteiger partial charge in [0.2, 0.25) is 0 Å². The number of benzene rings is 1. The largest absolute Gasteiger partial charge is 0.298 e. The SMILES string of the molecule is O=Cc1cccc(CN2CCCC3CC32)c1. The van der Waals surface area contributed by atoms with Crippen LogP contribution in [-0.2, 0) is 6.54 Å². The van der Waals surface area contributed by atoms with Gasteiger partial charge in [-0.05, 0) is 43.4 Å². The molecule has 1 aliphatic heterocycles. The first-order valence-electron chi connectivity index (χ1n) is 6.15. The molecule has 0 spiro atoms. The van der Waals surface area contributed by atoms with Crippen molar-refractivity contribution in [3.63, 3.8) is 0 Å². The third-order valence-corrected chi connectivity index (χ3v) is 3.85. The second-order valence-electron chi connectivity index (χ2n) is 5.04. The molecule has 2 fully saturated rings. The number of hydrogen-bond donors (Lipinski definition) is 0. The average Bonchev–Trinajstić information content (AvgIpc) is 3.10. The zero-order chi connectivity index (χ0) is 11.0. The number of fused-ring (bicyclic) bond motifs is 1. The van der Waals surface area contributed by atoms with Crippen LogP contribution >= 0.6 is 0 Å². The van der Waals surface area contributed by atoms with Gasteiger partial charge in [0.25, 0.3) is 0 Å². The van der Waals surface area contributed by atoms with Crippen LogP contribution < -0.4 is 0 Å². The first-order chi connectivity index (χ1) is 7.86. The topological polar surface area (TPSA) is 20.3 Å². The predicted octanol–water partition coefficient (Wildman–Crippen LogP) is 2.48. The lowest BCUT2D eigenvalue weighted by molar-refractivity contribution is 0.112. The second-order valence-corrected chi connectivity index (χ2v) is 5.04. The van der Waals surface area contributed by atoms with E-state index in [2.05, 4.69) is 11.0 Å². The van der Waals surface area contributed by atoms with Crippen LogP contribution in [0.25, 0.3) is 0 Å². The summed E-state index contributed by atoms with van der Waals surface area (Å²) in [5.41, 5.74) is 2.07. The van der Waals surface area contributed by atoms with Crippen molar-refractivity contribution in [3.8, 4) is 0 Å². The van der Waals surface area contributed by atoms with E-state index in [0.717, 1.165) is 30.4 Å². The third kappa shape index (κ3) is 1.90. The van der Waals surface area contributed by atoms with Crippen LogP contribution in [0.15, 0.2) is 24.3 Å². The molecular weight excluding hydrogens is 198 g/mol. The van der Waals surface area contributed by atoms with E-state index in [1.807, 2.05) is 18.2 Å². The lowest BCUT2D eigenvalue weighted by Crippen LogP contribution is -2.31. The highest BCUT2D eigenvalue weighted by molar-refractivity contribution is 5.74. The maximum absolute atomic E-state index is 10.7. The summed E-state index contributed by atoms with van der Waals surface area (Å²) >= 11 is 0. The summed E-state index contributed by atoms with van der Waals surface area (Å²) in [7, 11) is 0. The van der Waals surface area contributed by atoms with Gasteiger partial charge >= 0.3 is 0 Å². The van der Waals surface area contributed by atoms with Crippen LogP contribution in [0.3, 0.4) is 0 Å². The van der Waals surface area contributed by atoms with Crippen LogP contribution in [0.1, 0.15) is 35.2 Å². The predicted molar refractivity (Wildman–Crippen MR) is 63.4 cm³/mol. The van der Waals surface area contributed by atoms with E-state index < -0.39 is 0 Å². The summed E-state index contributed by atoms with van der Waals surface area (Å²) in [5.74, 6) is 0.975. The Bertz CT molecular complexity index is 401. The van der Waals surface area contributed by atoms with Gasteiger partial charge in [-0.25, -0.2) is 0 Å². The van der Waals surface area contributed by atoms with Crippen LogP contribution in [0, 0.1) is 5.92 Å². The molecule has 0 aromatic heterocycles. The molecule has 3 rings (SSSR count). The quantitative estimate of drug-likeness (QED) is 0.722. The molecule has 2 aliphatic rings. The fraction of sp³-hybridized carbons (Fsp3) is 0.500. The van der Waals surface area contributed by atoms with Gasteiger partial charge in [-0.2, -0.15) is 0 Å². The Balaban J connectivity index is 1.70. The molecular formula is C14H17NO. The van der Waals surface area contributed by atoms with E-state index in [-0.39, 0.29) is 0 Å². The first kappa shape index (κ1) is 10.0. The van der Waals surface area contributed by atoms with Crippen LogP contribution in [-0.4, -0.2) is 23.8 Å². The van der Waals surface area contributed by atoms with Crippen molar-refractivity contribution in [2.75, 3.05) is 6.54 Å². The van der Waals surface area contributed by atoms with Crippen molar-refractivity contribution in [2.24, 2.45) is 5.92 Å². The number of carbonyl (C=O) groups is 1. The van der Waals surface area contributed by atoms with E-state index in [0.29, 0.717) is 0 Å². The third-order valence-electron chi connectivity index (χ3n) is 3.85. The van der Waals surface area contributed by atoms with Crippen molar-refractivity contribution in [3.05, 3.63) is 35.4 Å². The Labute approximate surface area is 96.3 Å². The summed E-state index contributed by atoms with van der Waals surface area (Å²) in [6, 6.07) is 8.83. The minimum absolute atomic E-state index is 0.793. The number of aldehydes is 1. The molecule has 2 unspecified atom stereocenters. The minimum atomic E-state index is 0.793. The molecule has 1 saturated carbocycles. The van der Waals surface area contributed by atoms with E-state index in [9.17, 15) is 4.79 Å². The van der Waals surface area contributed by atoms with Crippen molar-refractivity contribution in [1.82, 2.24) is 4.90 Å². The van der Waals surface area contributed by atoms with Gasteiger partial charge in [-0.1, -0.05) is 18.2 Å². The molecule has 1 aromatic rings. The normalized spacial score (nSPS) is 28.5. The molecule has 1 heterocycles. The Morgan fingerprint density at radius 3 is 3.25 bits per heavy atom. The minimum Gasteiger partial charge on any atom is -0.298 e. The van der Waals surface area contributed by atoms with Gasteiger partial charge in [-0.3, -0.25) is 9.69 Å². The molecule has 2 atom stereocenters. The van der Waals surface area contributed by atoms with Crippen molar-refractivity contribution in [1.29, 1.82) is 0 Å². The van der Waals surface area contributed by atoms with E-state index in [1.165, 1.54) is 31.4 Å². The molecule has 1 aliphatic carbocycles. The molecule has 0 amide bonds. The Hall–Kier alpha value is -1.15. The van der Waals surface area contributed by atoms with E-state index in [4.69, 9.17) is 0 Å². The number of hydrogen-bond acceptors (Lipinski definition) is 2. The van der Waals surface area contributed by atoms with Gasteiger partial charge in [0.05, 0.1) is 0 Å². The number of rotatable bonds is 3. The monoisotopic (exact) mass is 215 g/mol. The van der Waals surface area contributed by atoms with Gasteiger partial charge in [0.15, 0.2) is 0 Å². The summed E-state index contributed by atoms with van der Waals surface area (Å²) in [4.78, 5) is 13.3. The fourth-order valence-corrected chi connectivity index (χ4v) is 2.91. The van der Waals surface area contributed by atoms with E-state index >= 15 is 0 Å². The van der Waals surface area contributed by atoms with Gasteiger partial charge in [0.1, 0.15) is 6.29 Å². The zero-order valence-electron chi connectivity index (χ0n) is 9.43. The smallest absolute Gasteiger partial charge is 0.150 e. The number of piperidine rings is 1. The maximum atomic E-state index is 10.7. The fourth-order valence-electron chi connectivity index (χ4n) is 2.91. The molecule has 16 heavy (non-hydrogen) atoms. The molecule has 0 N–H and O–H groups in total. The highest BCUT2D eigenvalue weighted by Crippen LogP contribution is 2.43. The molecule has 1 aromatic carbocycles. The van der Waals surface area contributed by atoms with Crippen molar-refractivity contribution >= 4 is 6.29 Å². The average molecular weight is 215 g/mol. The summed E-state index contributed by atoms with van der Waals surface area (Å²) in [6.45, 7) is 2.25. The standard InChI is InChI=1S/C14H17NO/c16-10-12-4-1-3-11(7-12)9-15-6-2-5-13-8-14(13)15/h1,3-4,7,10,13-14H,2,5-6,8-9H2. The highest BCUT2D eigenvalue weighted by Gasteiger charge is 2.43. The molecule has 2 nitrogen and oxygen atoms in total. The van der Waals surface area contributed by atoms with Gasteiger partial charge in [0, 0.05) is 18.2 Å². The van der Waals surface area contributed by atoms with Crippen LogP contribution in [0.4, 0.5) is 0 Å². The second kappa shape index (κ2) is 4.02. The summed E-state index contributed by atoms with van der Waals surface area (Å²) < 4.78 is 0. The van der Waals surface area contributed by atoms with Crippen molar-refractivity contribution < 1.29 is 4.79 Å². The number of carbonyl (C=O) groups excluding carboxylic acids is 1. The van der Waals surface area contributed by atoms with E-state index in [1.54, 1.807) is 0 Å². The Kier molecular flexibility index (Phi) is 2.52. The van der Waals surface area contributed by atoms with Crippen LogP contribution in [0.5, 0.6) is 0 Å². The van der Waals surface area contributed by atoms with Crippen molar-refractivity contribution in [2.45, 2.75) is 31.8 Å². The Morgan fingerprint density at radius 2 is 2.38 bits per heavy atom. The number of nitrogens with zero attached hydrogens (tertiary/aromatic N) is 1. The van der Waals surface area contributed by atoms with Crippen LogP contribution in [0.2, 0.25) is 0 Å². The summed E-state index contributed by atoms with van der Waals surface area (Å²) in [6.07, 6.45) is 5.09. The Morgan fingerprint density at radius 1 is 1.44 bits per heavy atom. The maximum Gasteiger partial charge on any atom is 0.150 e. The van der Waals surface area contributed by atoms with Gasteiger partial charge in [-0.15, -0.1) is 0 Å².